The van der Waals surface area contributed by atoms with Gasteiger partial charge in [0.2, 0.25) is 0 Å². The molecule has 2 nitrogen and oxygen atoms in total. The van der Waals surface area contributed by atoms with Crippen molar-refractivity contribution in [3.63, 3.8) is 0 Å². The van der Waals surface area contributed by atoms with Gasteiger partial charge in [-0.2, -0.15) is 0 Å². The Balaban J connectivity index is 0.000000561. The van der Waals surface area contributed by atoms with E-state index < -0.39 is 0 Å². The second-order valence-electron chi connectivity index (χ2n) is 3.14. The molecule has 0 fully saturated rings. The average Bonchev–Trinajstić information content (AvgIpc) is 2.08. The largest absolute Gasteiger partial charge is 0.307 e. The third-order valence-electron chi connectivity index (χ3n) is 2.27. The lowest BCUT2D eigenvalue weighted by molar-refractivity contribution is -0.122. The highest BCUT2D eigenvalue weighted by Crippen LogP contribution is 2.25. The molecule has 0 aromatic heterocycles. The Bertz CT molecular complexity index is 173. The quantitative estimate of drug-likeness (QED) is 0.561. The number of hydrogen-bond donors (Lipinski definition) is 0. The van der Waals surface area contributed by atoms with E-state index in [0.717, 1.165) is 12.8 Å². The molecule has 2 unspecified atom stereocenters. The summed E-state index contributed by atoms with van der Waals surface area (Å²) < 4.78 is 0. The lowest BCUT2D eigenvalue weighted by Crippen LogP contribution is -2.20. The summed E-state index contributed by atoms with van der Waals surface area (Å²) in [4.78, 5) is 19.0. The number of ketones is 1. The normalized spacial score (nSPS) is 27.2. The fourth-order valence-electron chi connectivity index (χ4n) is 1.52. The minimum absolute atomic E-state index is 0.296. The minimum Gasteiger partial charge on any atom is -0.307 e. The Labute approximate surface area is 73.7 Å². The van der Waals surface area contributed by atoms with E-state index in [1.54, 1.807) is 6.92 Å². The zero-order valence-corrected chi connectivity index (χ0v) is 7.75. The van der Waals surface area contributed by atoms with Crippen LogP contribution in [-0.2, 0) is 9.59 Å². The molecule has 0 bridgehead atoms. The molecule has 0 N–H and O–H groups in total. The van der Waals surface area contributed by atoms with Crippen molar-refractivity contribution >= 4 is 12.6 Å². The third kappa shape index (κ3) is 2.99. The van der Waals surface area contributed by atoms with Crippen LogP contribution in [0.2, 0.25) is 0 Å². The van der Waals surface area contributed by atoms with E-state index in [1.165, 1.54) is 0 Å². The van der Waals surface area contributed by atoms with E-state index in [-0.39, 0.29) is 0 Å². The van der Waals surface area contributed by atoms with Crippen LogP contribution in [0.4, 0.5) is 0 Å². The molecule has 0 saturated heterocycles. The molecule has 0 radical (unpaired) electrons. The summed E-state index contributed by atoms with van der Waals surface area (Å²) >= 11 is 0. The summed E-state index contributed by atoms with van der Waals surface area (Å²) in [5.41, 5.74) is 0. The van der Waals surface area contributed by atoms with Gasteiger partial charge < -0.3 is 4.79 Å². The molecule has 0 heterocycles. The van der Waals surface area contributed by atoms with Crippen molar-refractivity contribution in [3.8, 4) is 0 Å². The Morgan fingerprint density at radius 2 is 1.83 bits per heavy atom. The van der Waals surface area contributed by atoms with E-state index >= 15 is 0 Å². The van der Waals surface area contributed by atoms with E-state index in [9.17, 15) is 4.79 Å². The van der Waals surface area contributed by atoms with Crippen LogP contribution >= 0.6 is 0 Å². The Morgan fingerprint density at radius 3 is 2.17 bits per heavy atom. The van der Waals surface area contributed by atoms with Crippen LogP contribution in [0, 0.1) is 11.8 Å². The lowest BCUT2D eigenvalue weighted by atomic mass is 9.82. The van der Waals surface area contributed by atoms with Gasteiger partial charge in [0.25, 0.3) is 0 Å². The van der Waals surface area contributed by atoms with Crippen LogP contribution < -0.4 is 0 Å². The van der Waals surface area contributed by atoms with Gasteiger partial charge in [-0.3, -0.25) is 4.79 Å². The number of hydrogen-bond acceptors (Lipinski definition) is 2. The zero-order valence-electron chi connectivity index (χ0n) is 7.75. The smallest absolute Gasteiger partial charge is 0.133 e. The van der Waals surface area contributed by atoms with Crippen molar-refractivity contribution in [2.45, 2.75) is 26.7 Å². The van der Waals surface area contributed by atoms with Gasteiger partial charge in [-0.1, -0.05) is 19.1 Å². The van der Waals surface area contributed by atoms with Gasteiger partial charge in [0.05, 0.1) is 0 Å². The van der Waals surface area contributed by atoms with Gasteiger partial charge >= 0.3 is 0 Å². The highest BCUT2D eigenvalue weighted by Gasteiger charge is 2.21. The highest BCUT2D eigenvalue weighted by molar-refractivity contribution is 5.78. The minimum atomic E-state index is 0.296. The maximum absolute atomic E-state index is 11.0. The first-order valence-corrected chi connectivity index (χ1v) is 4.16. The molecule has 0 aromatic rings. The molecule has 2 heteroatoms. The van der Waals surface area contributed by atoms with Crippen molar-refractivity contribution in [2.75, 3.05) is 0 Å². The Hall–Kier alpha value is -0.920. The number of allylic oxidation sites excluding steroid dienone is 2. The van der Waals surface area contributed by atoms with E-state index in [1.807, 2.05) is 6.79 Å². The van der Waals surface area contributed by atoms with Crippen LogP contribution in [-0.4, -0.2) is 12.6 Å². The molecule has 0 saturated carbocycles. The molecule has 0 aromatic carbocycles. The zero-order chi connectivity index (χ0) is 9.56. The van der Waals surface area contributed by atoms with Gasteiger partial charge in [0.15, 0.2) is 0 Å². The number of Topliss-reactive ketones (excluding diaryl/α,β-unsaturated/α-hetero) is 1. The average molecular weight is 168 g/mol. The molecule has 0 aliphatic heterocycles. The molecule has 2 atom stereocenters. The SMILES string of the molecule is C=O.CC(=O)C1CC=CCC1C. The molecular formula is C10H16O2. The topological polar surface area (TPSA) is 34.1 Å². The molecule has 12 heavy (non-hydrogen) atoms. The summed E-state index contributed by atoms with van der Waals surface area (Å²) in [5.74, 6) is 1.20. The number of carbonyl (C=O) groups is 2. The number of carbonyl (C=O) groups excluding carboxylic acids is 2. The monoisotopic (exact) mass is 168 g/mol. The Kier molecular flexibility index (Phi) is 5.26. The summed E-state index contributed by atoms with van der Waals surface area (Å²) in [7, 11) is 0. The van der Waals surface area contributed by atoms with Crippen molar-refractivity contribution in [1.29, 1.82) is 0 Å². The summed E-state index contributed by atoms with van der Waals surface area (Å²) in [6, 6.07) is 0. The van der Waals surface area contributed by atoms with Gasteiger partial charge in [-0.15, -0.1) is 0 Å². The van der Waals surface area contributed by atoms with Crippen molar-refractivity contribution < 1.29 is 9.59 Å². The van der Waals surface area contributed by atoms with Gasteiger partial charge in [-0.25, -0.2) is 0 Å². The standard InChI is InChI=1S/C9H14O.CH2O/c1-7-5-3-4-6-9(7)8(2)10;1-2/h3-4,7,9H,5-6H2,1-2H3;1H2. The van der Waals surface area contributed by atoms with Gasteiger partial charge in [-0.05, 0) is 25.7 Å². The van der Waals surface area contributed by atoms with Crippen LogP contribution in [0.5, 0.6) is 0 Å². The van der Waals surface area contributed by atoms with Crippen LogP contribution in [0.1, 0.15) is 26.7 Å². The Morgan fingerprint density at radius 1 is 1.33 bits per heavy atom. The van der Waals surface area contributed by atoms with Crippen LogP contribution in [0.15, 0.2) is 12.2 Å². The molecule has 0 amide bonds. The van der Waals surface area contributed by atoms with E-state index in [2.05, 4.69) is 19.1 Å². The maximum Gasteiger partial charge on any atom is 0.133 e. The van der Waals surface area contributed by atoms with Gasteiger partial charge in [0.1, 0.15) is 12.6 Å². The predicted molar refractivity (Wildman–Crippen MR) is 48.8 cm³/mol. The molecular weight excluding hydrogens is 152 g/mol. The molecule has 0 spiro atoms. The third-order valence-corrected chi connectivity index (χ3v) is 2.27. The fourth-order valence-corrected chi connectivity index (χ4v) is 1.52. The van der Waals surface area contributed by atoms with E-state index in [0.29, 0.717) is 17.6 Å². The predicted octanol–water partition coefficient (Wildman–Crippen LogP) is 1.99. The highest BCUT2D eigenvalue weighted by atomic mass is 16.1. The molecule has 68 valence electrons. The number of rotatable bonds is 1. The summed E-state index contributed by atoms with van der Waals surface area (Å²) in [5, 5.41) is 0. The molecule has 1 aliphatic carbocycles. The van der Waals surface area contributed by atoms with Crippen molar-refractivity contribution in [1.82, 2.24) is 0 Å². The van der Waals surface area contributed by atoms with Gasteiger partial charge in [0, 0.05) is 5.92 Å². The first-order chi connectivity index (χ1) is 5.72. The van der Waals surface area contributed by atoms with Crippen LogP contribution in [0.3, 0.4) is 0 Å². The van der Waals surface area contributed by atoms with Crippen molar-refractivity contribution in [3.05, 3.63) is 12.2 Å². The van der Waals surface area contributed by atoms with E-state index in [4.69, 9.17) is 4.79 Å². The molecule has 1 aliphatic rings. The second-order valence-corrected chi connectivity index (χ2v) is 3.14. The fraction of sp³-hybridized carbons (Fsp3) is 0.600. The maximum atomic E-state index is 11.0. The van der Waals surface area contributed by atoms with Crippen LogP contribution in [0.25, 0.3) is 0 Å². The van der Waals surface area contributed by atoms with Crippen molar-refractivity contribution in [2.24, 2.45) is 11.8 Å². The summed E-state index contributed by atoms with van der Waals surface area (Å²) in [6.07, 6.45) is 6.32. The first kappa shape index (κ1) is 11.1. The second kappa shape index (κ2) is 5.70. The summed E-state index contributed by atoms with van der Waals surface area (Å²) in [6.45, 7) is 5.84. The lowest BCUT2D eigenvalue weighted by Gasteiger charge is -2.21. The first-order valence-electron chi connectivity index (χ1n) is 4.16. The molecule has 1 rings (SSSR count).